The Labute approximate surface area is 137 Å². The lowest BCUT2D eigenvalue weighted by Crippen LogP contribution is -2.14. The van der Waals surface area contributed by atoms with Gasteiger partial charge in [-0.2, -0.15) is 0 Å². The zero-order chi connectivity index (χ0) is 15.6. The summed E-state index contributed by atoms with van der Waals surface area (Å²) in [6, 6.07) is 9.76. The number of rotatable bonds is 4. The summed E-state index contributed by atoms with van der Waals surface area (Å²) in [7, 11) is -2.25. The van der Waals surface area contributed by atoms with E-state index in [9.17, 15) is 8.42 Å². The number of methoxy groups -OCH3 is 1. The van der Waals surface area contributed by atoms with Gasteiger partial charge in [0.15, 0.2) is 0 Å². The first kappa shape index (κ1) is 16.1. The van der Waals surface area contributed by atoms with Crippen molar-refractivity contribution in [1.82, 2.24) is 0 Å². The maximum Gasteiger partial charge on any atom is 0.263 e. The van der Waals surface area contributed by atoms with Crippen molar-refractivity contribution < 1.29 is 13.2 Å². The molecule has 0 atom stereocenters. The Morgan fingerprint density at radius 1 is 1.19 bits per heavy atom. The third-order valence-electron chi connectivity index (χ3n) is 2.79. The average Bonchev–Trinajstić information content (AvgIpc) is 2.40. The number of hydrogen-bond donors (Lipinski definition) is 1. The van der Waals surface area contributed by atoms with Crippen molar-refractivity contribution in [3.63, 3.8) is 0 Å². The van der Waals surface area contributed by atoms with Crippen molar-refractivity contribution in [2.75, 3.05) is 11.8 Å². The summed E-state index contributed by atoms with van der Waals surface area (Å²) in [5.41, 5.74) is 1.23. The van der Waals surface area contributed by atoms with Gasteiger partial charge in [0.05, 0.1) is 17.8 Å². The Hall–Kier alpha value is -1.24. The summed E-state index contributed by atoms with van der Waals surface area (Å²) in [5, 5.41) is 0.294. The third kappa shape index (κ3) is 3.70. The first-order valence-electron chi connectivity index (χ1n) is 5.96. The van der Waals surface area contributed by atoms with Crippen molar-refractivity contribution in [3.05, 3.63) is 51.5 Å². The maximum absolute atomic E-state index is 12.4. The van der Waals surface area contributed by atoms with E-state index in [2.05, 4.69) is 20.7 Å². The number of sulfonamides is 1. The van der Waals surface area contributed by atoms with Crippen LogP contribution in [0.1, 0.15) is 5.56 Å². The number of nitrogens with one attached hydrogen (secondary N) is 1. The molecule has 2 rings (SSSR count). The molecular weight excluding hydrogens is 378 g/mol. The second kappa shape index (κ2) is 6.25. The van der Waals surface area contributed by atoms with E-state index in [1.807, 2.05) is 6.92 Å². The lowest BCUT2D eigenvalue weighted by atomic mass is 10.2. The second-order valence-corrected chi connectivity index (χ2v) is 7.30. The molecule has 0 radical (unpaired) electrons. The fraction of sp³-hybridized carbons (Fsp3) is 0.143. The van der Waals surface area contributed by atoms with Gasteiger partial charge in [-0.25, -0.2) is 8.42 Å². The van der Waals surface area contributed by atoms with E-state index in [-0.39, 0.29) is 10.6 Å². The van der Waals surface area contributed by atoms with Crippen LogP contribution in [0.4, 0.5) is 5.69 Å². The molecule has 0 amide bonds. The summed E-state index contributed by atoms with van der Waals surface area (Å²) >= 11 is 9.28. The number of aryl methyl sites for hydroxylation is 1. The Morgan fingerprint density at radius 2 is 1.90 bits per heavy atom. The van der Waals surface area contributed by atoms with E-state index in [1.165, 1.54) is 19.2 Å². The molecule has 4 nitrogen and oxygen atoms in total. The number of anilines is 1. The number of hydrogen-bond acceptors (Lipinski definition) is 3. The Kier molecular flexibility index (Phi) is 4.81. The van der Waals surface area contributed by atoms with Crippen molar-refractivity contribution in [1.29, 1.82) is 0 Å². The minimum Gasteiger partial charge on any atom is -0.497 e. The van der Waals surface area contributed by atoms with Crippen molar-refractivity contribution in [2.24, 2.45) is 0 Å². The standard InChI is InChI=1S/C14H13BrClNO3S/c1-9-3-6-14(11(15)7-9)21(18,19)17-13-8-10(20-2)4-5-12(13)16/h3-8,17H,1-2H3. The maximum atomic E-state index is 12.4. The van der Waals surface area contributed by atoms with Crippen molar-refractivity contribution >= 4 is 43.2 Å². The molecule has 0 aliphatic rings. The van der Waals surface area contributed by atoms with Gasteiger partial charge in [0.25, 0.3) is 10.0 Å². The number of halogens is 2. The molecule has 0 spiro atoms. The smallest absolute Gasteiger partial charge is 0.263 e. The lowest BCUT2D eigenvalue weighted by molar-refractivity contribution is 0.415. The van der Waals surface area contributed by atoms with E-state index in [1.54, 1.807) is 24.3 Å². The highest BCUT2D eigenvalue weighted by Gasteiger charge is 2.19. The molecule has 112 valence electrons. The summed E-state index contributed by atoms with van der Waals surface area (Å²) in [6.45, 7) is 1.88. The predicted octanol–water partition coefficient (Wildman–Crippen LogP) is 4.22. The van der Waals surface area contributed by atoms with E-state index >= 15 is 0 Å². The van der Waals surface area contributed by atoms with Gasteiger partial charge in [0.1, 0.15) is 10.6 Å². The van der Waals surface area contributed by atoms with Crippen LogP contribution in [0.25, 0.3) is 0 Å². The van der Waals surface area contributed by atoms with Gasteiger partial charge in [0, 0.05) is 10.5 Å². The van der Waals surface area contributed by atoms with Crippen LogP contribution >= 0.6 is 27.5 Å². The molecule has 0 saturated carbocycles. The van der Waals surface area contributed by atoms with Crippen LogP contribution in [-0.2, 0) is 10.0 Å². The molecule has 0 heterocycles. The zero-order valence-corrected chi connectivity index (χ0v) is 14.5. The Morgan fingerprint density at radius 3 is 2.52 bits per heavy atom. The largest absolute Gasteiger partial charge is 0.497 e. The SMILES string of the molecule is COc1ccc(Cl)c(NS(=O)(=O)c2ccc(C)cc2Br)c1. The van der Waals surface area contributed by atoms with Gasteiger partial charge in [-0.05, 0) is 52.7 Å². The number of benzene rings is 2. The van der Waals surface area contributed by atoms with Crippen molar-refractivity contribution in [3.8, 4) is 5.75 Å². The van der Waals surface area contributed by atoms with Crippen LogP contribution in [0.3, 0.4) is 0 Å². The Bertz CT molecular complexity index is 778. The molecule has 0 saturated heterocycles. The molecule has 0 bridgehead atoms. The first-order valence-corrected chi connectivity index (χ1v) is 8.61. The van der Waals surface area contributed by atoms with Crippen LogP contribution in [0.2, 0.25) is 5.02 Å². The van der Waals surface area contributed by atoms with Crippen LogP contribution in [0, 0.1) is 6.92 Å². The summed E-state index contributed by atoms with van der Waals surface area (Å²) in [5.74, 6) is 0.514. The quantitative estimate of drug-likeness (QED) is 0.850. The molecule has 0 aliphatic carbocycles. The number of ether oxygens (including phenoxy) is 1. The molecule has 0 fully saturated rings. The summed E-state index contributed by atoms with van der Waals surface area (Å²) in [6.07, 6.45) is 0. The van der Waals surface area contributed by atoms with E-state index in [0.29, 0.717) is 15.2 Å². The van der Waals surface area contributed by atoms with Crippen LogP contribution in [0.5, 0.6) is 5.75 Å². The summed E-state index contributed by atoms with van der Waals surface area (Å²) < 4.78 is 32.9. The molecule has 7 heteroatoms. The molecule has 0 aromatic heterocycles. The minimum absolute atomic E-state index is 0.145. The molecule has 21 heavy (non-hydrogen) atoms. The molecule has 0 unspecified atom stereocenters. The van der Waals surface area contributed by atoms with Crippen LogP contribution < -0.4 is 9.46 Å². The summed E-state index contributed by atoms with van der Waals surface area (Å²) in [4.78, 5) is 0.145. The molecule has 1 N–H and O–H groups in total. The lowest BCUT2D eigenvalue weighted by Gasteiger charge is -2.12. The monoisotopic (exact) mass is 389 g/mol. The van der Waals surface area contributed by atoms with E-state index in [4.69, 9.17) is 16.3 Å². The van der Waals surface area contributed by atoms with Gasteiger partial charge in [-0.3, -0.25) is 4.72 Å². The highest BCUT2D eigenvalue weighted by atomic mass is 79.9. The van der Waals surface area contributed by atoms with Gasteiger partial charge >= 0.3 is 0 Å². The average molecular weight is 391 g/mol. The topological polar surface area (TPSA) is 55.4 Å². The molecule has 2 aromatic carbocycles. The first-order chi connectivity index (χ1) is 9.83. The molecule has 0 aliphatic heterocycles. The van der Waals surface area contributed by atoms with Crippen LogP contribution in [-0.4, -0.2) is 15.5 Å². The van der Waals surface area contributed by atoms with Crippen LogP contribution in [0.15, 0.2) is 45.8 Å². The van der Waals surface area contributed by atoms with E-state index in [0.717, 1.165) is 5.56 Å². The highest BCUT2D eigenvalue weighted by Crippen LogP contribution is 2.30. The van der Waals surface area contributed by atoms with Crippen molar-refractivity contribution in [2.45, 2.75) is 11.8 Å². The van der Waals surface area contributed by atoms with Gasteiger partial charge < -0.3 is 4.74 Å². The Balaban J connectivity index is 2.42. The highest BCUT2D eigenvalue weighted by molar-refractivity contribution is 9.10. The van der Waals surface area contributed by atoms with Gasteiger partial charge in [-0.15, -0.1) is 0 Å². The second-order valence-electron chi connectivity index (χ2n) is 4.39. The fourth-order valence-electron chi connectivity index (χ4n) is 1.73. The third-order valence-corrected chi connectivity index (χ3v) is 5.47. The minimum atomic E-state index is -3.75. The van der Waals surface area contributed by atoms with Gasteiger partial charge in [-0.1, -0.05) is 17.7 Å². The van der Waals surface area contributed by atoms with Gasteiger partial charge in [0.2, 0.25) is 0 Å². The predicted molar refractivity (Wildman–Crippen MR) is 87.7 cm³/mol. The molecule has 2 aromatic rings. The fourth-order valence-corrected chi connectivity index (χ4v) is 4.22. The van der Waals surface area contributed by atoms with E-state index < -0.39 is 10.0 Å². The zero-order valence-electron chi connectivity index (χ0n) is 11.4. The molecular formula is C14H13BrClNO3S. The normalized spacial score (nSPS) is 11.2.